The van der Waals surface area contributed by atoms with Crippen LogP contribution < -0.4 is 15.0 Å². The highest BCUT2D eigenvalue weighted by molar-refractivity contribution is 5.97. The Morgan fingerprint density at radius 3 is 2.64 bits per heavy atom. The third kappa shape index (κ3) is 4.18. The van der Waals surface area contributed by atoms with Gasteiger partial charge < -0.3 is 15.0 Å². The third-order valence-electron chi connectivity index (χ3n) is 4.37. The number of hydrogen-bond donors (Lipinski definition) is 1. The molecule has 25 heavy (non-hydrogen) atoms. The number of fused-ring (bicyclic) bond motifs is 1. The molecule has 1 aliphatic rings. The molecule has 0 aromatic heterocycles. The molecule has 0 fully saturated rings. The van der Waals surface area contributed by atoms with E-state index in [1.54, 1.807) is 12.0 Å². The largest absolute Gasteiger partial charge is 0.497 e. The lowest BCUT2D eigenvalue weighted by Gasteiger charge is -2.29. The first-order valence-electron chi connectivity index (χ1n) is 8.45. The third-order valence-corrected chi connectivity index (χ3v) is 4.37. The van der Waals surface area contributed by atoms with Crippen LogP contribution in [0.4, 0.5) is 5.69 Å². The molecular weight excluding hydrogens is 316 g/mol. The SMILES string of the molecule is COc1ccc(CC(=O)NCC(=O)N2CCCc3ccccc32)cc1. The Hall–Kier alpha value is -2.82. The molecule has 0 bridgehead atoms. The number of benzene rings is 2. The van der Waals surface area contributed by atoms with Crippen molar-refractivity contribution < 1.29 is 14.3 Å². The number of aryl methyl sites for hydroxylation is 1. The van der Waals surface area contributed by atoms with Gasteiger partial charge in [-0.3, -0.25) is 9.59 Å². The molecule has 5 nitrogen and oxygen atoms in total. The number of carbonyl (C=O) groups is 2. The van der Waals surface area contributed by atoms with Crippen LogP contribution >= 0.6 is 0 Å². The number of para-hydroxylation sites is 1. The van der Waals surface area contributed by atoms with E-state index in [1.807, 2.05) is 42.5 Å². The zero-order chi connectivity index (χ0) is 17.6. The monoisotopic (exact) mass is 338 g/mol. The van der Waals surface area contributed by atoms with E-state index >= 15 is 0 Å². The average molecular weight is 338 g/mol. The predicted molar refractivity (Wildman–Crippen MR) is 96.8 cm³/mol. The summed E-state index contributed by atoms with van der Waals surface area (Å²) in [6, 6.07) is 15.3. The van der Waals surface area contributed by atoms with Gasteiger partial charge in [0, 0.05) is 12.2 Å². The number of nitrogens with one attached hydrogen (secondary N) is 1. The van der Waals surface area contributed by atoms with Crippen LogP contribution in [0.3, 0.4) is 0 Å². The summed E-state index contributed by atoms with van der Waals surface area (Å²) in [5.41, 5.74) is 3.03. The minimum Gasteiger partial charge on any atom is -0.497 e. The summed E-state index contributed by atoms with van der Waals surface area (Å²) in [7, 11) is 1.60. The lowest BCUT2D eigenvalue weighted by Crippen LogP contribution is -2.43. The van der Waals surface area contributed by atoms with Crippen LogP contribution in [-0.2, 0) is 22.4 Å². The van der Waals surface area contributed by atoms with E-state index in [9.17, 15) is 9.59 Å². The van der Waals surface area contributed by atoms with E-state index < -0.39 is 0 Å². The molecule has 0 atom stereocenters. The van der Waals surface area contributed by atoms with Gasteiger partial charge in [-0.05, 0) is 42.2 Å². The second-order valence-electron chi connectivity index (χ2n) is 6.08. The van der Waals surface area contributed by atoms with E-state index in [2.05, 4.69) is 11.4 Å². The van der Waals surface area contributed by atoms with Gasteiger partial charge in [0.05, 0.1) is 20.1 Å². The van der Waals surface area contributed by atoms with Gasteiger partial charge in [-0.15, -0.1) is 0 Å². The minimum absolute atomic E-state index is 0.0172. The van der Waals surface area contributed by atoms with Crippen molar-refractivity contribution >= 4 is 17.5 Å². The Bertz CT molecular complexity index is 756. The molecule has 0 saturated carbocycles. The lowest BCUT2D eigenvalue weighted by atomic mass is 10.0. The number of anilines is 1. The molecule has 0 saturated heterocycles. The molecule has 1 N–H and O–H groups in total. The second-order valence-corrected chi connectivity index (χ2v) is 6.08. The maximum absolute atomic E-state index is 12.5. The van der Waals surface area contributed by atoms with Gasteiger partial charge in [-0.25, -0.2) is 0 Å². The summed E-state index contributed by atoms with van der Waals surface area (Å²) in [5, 5.41) is 2.73. The Balaban J connectivity index is 1.54. The molecule has 2 aromatic rings. The summed E-state index contributed by atoms with van der Waals surface area (Å²) in [6.45, 7) is 0.716. The van der Waals surface area contributed by atoms with Crippen molar-refractivity contribution in [2.45, 2.75) is 19.3 Å². The first kappa shape index (κ1) is 17.0. The zero-order valence-corrected chi connectivity index (χ0v) is 14.3. The fourth-order valence-electron chi connectivity index (χ4n) is 3.05. The molecule has 0 aliphatic carbocycles. The van der Waals surface area contributed by atoms with Crippen molar-refractivity contribution in [2.24, 2.45) is 0 Å². The molecule has 0 radical (unpaired) electrons. The first-order chi connectivity index (χ1) is 12.2. The molecule has 0 spiro atoms. The number of nitrogens with zero attached hydrogens (tertiary/aromatic N) is 1. The first-order valence-corrected chi connectivity index (χ1v) is 8.45. The quantitative estimate of drug-likeness (QED) is 0.910. The standard InChI is InChI=1S/C20H22N2O3/c1-25-17-10-8-15(9-11-17)13-19(23)21-14-20(24)22-12-4-6-16-5-2-3-7-18(16)22/h2-3,5,7-11H,4,6,12-14H2,1H3,(H,21,23). The molecule has 2 aromatic carbocycles. The Morgan fingerprint density at radius 2 is 1.88 bits per heavy atom. The topological polar surface area (TPSA) is 58.6 Å². The van der Waals surface area contributed by atoms with Crippen molar-refractivity contribution in [3.63, 3.8) is 0 Å². The zero-order valence-electron chi connectivity index (χ0n) is 14.3. The molecule has 0 unspecified atom stereocenters. The van der Waals surface area contributed by atoms with Gasteiger partial charge in [0.2, 0.25) is 11.8 Å². The van der Waals surface area contributed by atoms with Gasteiger partial charge in [-0.1, -0.05) is 30.3 Å². The van der Waals surface area contributed by atoms with Gasteiger partial charge in [0.25, 0.3) is 0 Å². The Kier molecular flexibility index (Phi) is 5.33. The van der Waals surface area contributed by atoms with Crippen LogP contribution in [0.2, 0.25) is 0 Å². The van der Waals surface area contributed by atoms with E-state index in [0.29, 0.717) is 6.54 Å². The minimum atomic E-state index is -0.163. The Labute approximate surface area is 147 Å². The normalized spacial score (nSPS) is 13.1. The molecule has 3 rings (SSSR count). The highest BCUT2D eigenvalue weighted by atomic mass is 16.5. The number of carbonyl (C=O) groups excluding carboxylic acids is 2. The number of rotatable bonds is 5. The van der Waals surface area contributed by atoms with Crippen molar-refractivity contribution in [1.29, 1.82) is 0 Å². The van der Waals surface area contributed by atoms with Gasteiger partial charge in [-0.2, -0.15) is 0 Å². The molecule has 1 aliphatic heterocycles. The van der Waals surface area contributed by atoms with Crippen LogP contribution in [0.1, 0.15) is 17.5 Å². The van der Waals surface area contributed by atoms with Crippen LogP contribution in [-0.4, -0.2) is 32.0 Å². The maximum atomic E-state index is 12.5. The van der Waals surface area contributed by atoms with Crippen molar-refractivity contribution in [3.8, 4) is 5.75 Å². The molecule has 5 heteroatoms. The van der Waals surface area contributed by atoms with Gasteiger partial charge in [0.15, 0.2) is 0 Å². The van der Waals surface area contributed by atoms with Crippen molar-refractivity contribution in [1.82, 2.24) is 5.32 Å². The lowest BCUT2D eigenvalue weighted by molar-refractivity contribution is -0.124. The number of hydrogen-bond acceptors (Lipinski definition) is 3. The van der Waals surface area contributed by atoms with Crippen LogP contribution in [0.5, 0.6) is 5.75 Å². The summed E-state index contributed by atoms with van der Waals surface area (Å²) in [4.78, 5) is 26.4. The van der Waals surface area contributed by atoms with Crippen LogP contribution in [0.15, 0.2) is 48.5 Å². The molecule has 2 amide bonds. The van der Waals surface area contributed by atoms with Gasteiger partial charge >= 0.3 is 0 Å². The van der Waals surface area contributed by atoms with Crippen LogP contribution in [0, 0.1) is 0 Å². The summed E-state index contributed by atoms with van der Waals surface area (Å²) in [6.07, 6.45) is 2.18. The number of amides is 2. The highest BCUT2D eigenvalue weighted by Gasteiger charge is 2.22. The molecular formula is C20H22N2O3. The maximum Gasteiger partial charge on any atom is 0.246 e. The van der Waals surface area contributed by atoms with Crippen LogP contribution in [0.25, 0.3) is 0 Å². The Morgan fingerprint density at radius 1 is 1.12 bits per heavy atom. The summed E-state index contributed by atoms with van der Waals surface area (Å²) < 4.78 is 5.10. The fourth-order valence-corrected chi connectivity index (χ4v) is 3.05. The molecule has 1 heterocycles. The summed E-state index contributed by atoms with van der Waals surface area (Å²) >= 11 is 0. The number of methoxy groups -OCH3 is 1. The van der Waals surface area contributed by atoms with E-state index in [-0.39, 0.29) is 24.8 Å². The molecule has 130 valence electrons. The second kappa shape index (κ2) is 7.83. The predicted octanol–water partition coefficient (Wildman–Crippen LogP) is 2.33. The van der Waals surface area contributed by atoms with Gasteiger partial charge in [0.1, 0.15) is 5.75 Å². The van der Waals surface area contributed by atoms with E-state index in [0.717, 1.165) is 29.8 Å². The highest BCUT2D eigenvalue weighted by Crippen LogP contribution is 2.26. The smallest absolute Gasteiger partial charge is 0.246 e. The summed E-state index contributed by atoms with van der Waals surface area (Å²) in [5.74, 6) is 0.516. The van der Waals surface area contributed by atoms with Crippen molar-refractivity contribution in [3.05, 3.63) is 59.7 Å². The van der Waals surface area contributed by atoms with Crippen molar-refractivity contribution in [2.75, 3.05) is 25.1 Å². The fraction of sp³-hybridized carbons (Fsp3) is 0.300. The van der Waals surface area contributed by atoms with E-state index in [4.69, 9.17) is 4.74 Å². The number of ether oxygens (including phenoxy) is 1. The average Bonchev–Trinajstić information content (AvgIpc) is 2.66. The van der Waals surface area contributed by atoms with E-state index in [1.165, 1.54) is 5.56 Å².